The minimum absolute atomic E-state index is 0.903. The van der Waals surface area contributed by atoms with Crippen LogP contribution < -0.4 is 9.47 Å². The number of aliphatic imine (C=N–C) groups is 1. The van der Waals surface area contributed by atoms with E-state index in [2.05, 4.69) is 124 Å². The maximum absolute atomic E-state index is 3.92. The van der Waals surface area contributed by atoms with E-state index in [-0.39, 0.29) is 0 Å². The van der Waals surface area contributed by atoms with Crippen molar-refractivity contribution >= 4 is 35.8 Å². The third-order valence-electron chi connectivity index (χ3n) is 5.56. The van der Waals surface area contributed by atoms with Crippen LogP contribution in [0, 0.1) is 0 Å². The van der Waals surface area contributed by atoms with Gasteiger partial charge in [-0.3, -0.25) is 4.99 Å². The lowest BCUT2D eigenvalue weighted by atomic mass is 10.1. The van der Waals surface area contributed by atoms with Crippen molar-refractivity contribution in [2.24, 2.45) is 4.99 Å². The molecule has 0 saturated carbocycles. The molecule has 0 amide bonds. The fourth-order valence-electron chi connectivity index (χ4n) is 3.65. The molecule has 1 aromatic heterocycles. The predicted molar refractivity (Wildman–Crippen MR) is 155 cm³/mol. The van der Waals surface area contributed by atoms with Gasteiger partial charge in [0.25, 0.3) is 0 Å². The van der Waals surface area contributed by atoms with Crippen molar-refractivity contribution in [1.82, 2.24) is 0 Å². The number of rotatable bonds is 13. The van der Waals surface area contributed by atoms with Crippen LogP contribution in [0.4, 0.5) is 5.69 Å². The Balaban J connectivity index is 1.48. The fourth-order valence-corrected chi connectivity index (χ4v) is 4.36. The van der Waals surface area contributed by atoms with Gasteiger partial charge < -0.3 is 4.90 Å². The largest absolute Gasteiger partial charge is 0.370 e. The summed E-state index contributed by atoms with van der Waals surface area (Å²) in [5, 5.41) is 2.15. The molecule has 0 N–H and O–H groups in total. The highest BCUT2D eigenvalue weighted by molar-refractivity contribution is 8.02. The topological polar surface area (TPSA) is 19.5 Å². The van der Waals surface area contributed by atoms with Crippen LogP contribution in [0.2, 0.25) is 0 Å². The van der Waals surface area contributed by atoms with Crippen LogP contribution in [0.1, 0.15) is 29.7 Å². The van der Waals surface area contributed by atoms with Gasteiger partial charge in [0.05, 0.1) is 0 Å². The second-order valence-electron chi connectivity index (χ2n) is 8.28. The Bertz CT molecular complexity index is 1120. The molecule has 1 heterocycles. The number of nitrogens with zero attached hydrogens (tertiary/aromatic N) is 3. The zero-order valence-electron chi connectivity index (χ0n) is 20.8. The molecule has 0 bridgehead atoms. The summed E-state index contributed by atoms with van der Waals surface area (Å²) in [6, 6.07) is 25.7. The van der Waals surface area contributed by atoms with Crippen LogP contribution in [-0.4, -0.2) is 26.1 Å². The fraction of sp³-hybridized carbons (Fsp3) is 0.226. The molecule has 0 aliphatic rings. The Morgan fingerprint density at radius 1 is 0.857 bits per heavy atom. The van der Waals surface area contributed by atoms with Gasteiger partial charge in [-0.15, -0.1) is 11.8 Å². The summed E-state index contributed by atoms with van der Waals surface area (Å²) in [7, 11) is 3.92. The van der Waals surface area contributed by atoms with E-state index >= 15 is 0 Å². The highest BCUT2D eigenvalue weighted by atomic mass is 32.2. The molecule has 3 rings (SSSR count). The Kier molecular flexibility index (Phi) is 11.6. The summed E-state index contributed by atoms with van der Waals surface area (Å²) in [6.45, 7) is 1.93. The number of anilines is 1. The Morgan fingerprint density at radius 2 is 1.66 bits per heavy atom. The molecule has 0 aliphatic heterocycles. The van der Waals surface area contributed by atoms with E-state index in [0.29, 0.717) is 0 Å². The van der Waals surface area contributed by atoms with E-state index in [9.17, 15) is 0 Å². The number of aryl methyl sites for hydroxylation is 1. The first-order valence-corrected chi connectivity index (χ1v) is 13.2. The Hall–Kier alpha value is -3.37. The molecule has 0 spiro atoms. The quantitative estimate of drug-likeness (QED) is 0.112. The number of unbranched alkanes of at least 4 members (excludes halogenated alkanes) is 1. The van der Waals surface area contributed by atoms with Gasteiger partial charge in [-0.05, 0) is 59.1 Å². The zero-order valence-corrected chi connectivity index (χ0v) is 21.6. The lowest BCUT2D eigenvalue weighted by Gasteiger charge is -2.19. The Morgan fingerprint density at radius 3 is 2.46 bits per heavy atom. The van der Waals surface area contributed by atoms with E-state index in [1.165, 1.54) is 28.9 Å². The van der Waals surface area contributed by atoms with E-state index in [1.807, 2.05) is 23.9 Å². The van der Waals surface area contributed by atoms with Gasteiger partial charge in [-0.25, -0.2) is 0 Å². The number of thioether (sulfide) groups is 1. The monoisotopic (exact) mass is 482 g/mol. The van der Waals surface area contributed by atoms with Gasteiger partial charge in [0.1, 0.15) is 6.54 Å². The maximum Gasteiger partial charge on any atom is 0.205 e. The lowest BCUT2D eigenvalue weighted by Crippen LogP contribution is -2.36. The Labute approximate surface area is 215 Å². The average molecular weight is 483 g/mol. The molecular formula is C31H36N3S+. The summed E-state index contributed by atoms with van der Waals surface area (Å²) in [6.07, 6.45) is 16.8. The van der Waals surface area contributed by atoms with Crippen molar-refractivity contribution in [2.45, 2.75) is 25.9 Å². The first kappa shape index (κ1) is 26.2. The summed E-state index contributed by atoms with van der Waals surface area (Å²) in [5.41, 5.74) is 4.98. The lowest BCUT2D eigenvalue weighted by molar-refractivity contribution is -0.699. The standard InChI is InChI=1S/C31H36N3S/c1-32-22-8-4-11-25-35-26-12-10-24-34-23-9-7-15-31(34)21-18-28-16-19-30(20-17-28)33(2)27-29-13-5-3-6-14-29/h3-9,11,13-23,25H,10,12,24,26-27H2,1-2H3/q+1/b8-4-,25-11+,32-22?. The SMILES string of the molecule is CN=C/C=C\C=C\SCCCC[n+]1ccccc1/C=C/c1ccc(N(C)Cc2ccccc2)cc1. The molecule has 180 valence electrons. The predicted octanol–water partition coefficient (Wildman–Crippen LogP) is 7.06. The summed E-state index contributed by atoms with van der Waals surface area (Å²) in [5.74, 6) is 1.13. The van der Waals surface area contributed by atoms with E-state index in [0.717, 1.165) is 25.3 Å². The number of allylic oxidation sites excluding steroid dienone is 3. The van der Waals surface area contributed by atoms with Gasteiger partial charge in [-0.2, -0.15) is 4.57 Å². The molecular weight excluding hydrogens is 446 g/mol. The average Bonchev–Trinajstić information content (AvgIpc) is 2.90. The van der Waals surface area contributed by atoms with E-state index in [4.69, 9.17) is 0 Å². The van der Waals surface area contributed by atoms with Crippen molar-refractivity contribution in [3.05, 3.63) is 119 Å². The number of pyridine rings is 1. The van der Waals surface area contributed by atoms with E-state index in [1.54, 1.807) is 13.3 Å². The molecule has 0 radical (unpaired) electrons. The molecule has 0 saturated heterocycles. The van der Waals surface area contributed by atoms with Gasteiger partial charge in [0, 0.05) is 57.2 Å². The van der Waals surface area contributed by atoms with Crippen LogP contribution >= 0.6 is 11.8 Å². The minimum Gasteiger partial charge on any atom is -0.370 e. The molecule has 35 heavy (non-hydrogen) atoms. The summed E-state index contributed by atoms with van der Waals surface area (Å²) < 4.78 is 2.34. The molecule has 0 unspecified atom stereocenters. The number of benzene rings is 2. The van der Waals surface area contributed by atoms with Crippen LogP contribution in [0.3, 0.4) is 0 Å². The zero-order chi connectivity index (χ0) is 24.6. The second-order valence-corrected chi connectivity index (χ2v) is 9.30. The maximum atomic E-state index is 3.92. The first-order chi connectivity index (χ1) is 17.3. The number of aromatic nitrogens is 1. The number of hydrogen-bond acceptors (Lipinski definition) is 3. The molecule has 3 aromatic rings. The van der Waals surface area contributed by atoms with Gasteiger partial charge >= 0.3 is 0 Å². The molecule has 0 fully saturated rings. The van der Waals surface area contributed by atoms with E-state index < -0.39 is 0 Å². The van der Waals surface area contributed by atoms with Gasteiger partial charge in [-0.1, -0.05) is 54.6 Å². The normalized spacial score (nSPS) is 11.9. The molecule has 0 aliphatic carbocycles. The summed E-state index contributed by atoms with van der Waals surface area (Å²) >= 11 is 1.86. The van der Waals surface area contributed by atoms with Crippen LogP contribution in [-0.2, 0) is 13.1 Å². The van der Waals surface area contributed by atoms with Gasteiger partial charge in [0.2, 0.25) is 5.69 Å². The van der Waals surface area contributed by atoms with Crippen molar-refractivity contribution in [2.75, 3.05) is 24.7 Å². The minimum atomic E-state index is 0.903. The molecule has 4 heteroatoms. The molecule has 0 atom stereocenters. The van der Waals surface area contributed by atoms with Gasteiger partial charge in [0.15, 0.2) is 6.20 Å². The van der Waals surface area contributed by atoms with Crippen LogP contribution in [0.5, 0.6) is 0 Å². The molecule has 2 aromatic carbocycles. The smallest absolute Gasteiger partial charge is 0.205 e. The van der Waals surface area contributed by atoms with Crippen molar-refractivity contribution < 1.29 is 4.57 Å². The van der Waals surface area contributed by atoms with Crippen LogP contribution in [0.25, 0.3) is 12.2 Å². The van der Waals surface area contributed by atoms with Crippen molar-refractivity contribution in [1.29, 1.82) is 0 Å². The number of hydrogen-bond donors (Lipinski definition) is 0. The second kappa shape index (κ2) is 15.5. The van der Waals surface area contributed by atoms with Crippen molar-refractivity contribution in [3.63, 3.8) is 0 Å². The van der Waals surface area contributed by atoms with Crippen molar-refractivity contribution in [3.8, 4) is 0 Å². The highest BCUT2D eigenvalue weighted by Gasteiger charge is 2.06. The first-order valence-electron chi connectivity index (χ1n) is 12.1. The molecule has 3 nitrogen and oxygen atoms in total. The summed E-state index contributed by atoms with van der Waals surface area (Å²) in [4.78, 5) is 6.20. The highest BCUT2D eigenvalue weighted by Crippen LogP contribution is 2.17. The third-order valence-corrected chi connectivity index (χ3v) is 6.44. The van der Waals surface area contributed by atoms with Crippen LogP contribution in [0.15, 0.2) is 108 Å². The third kappa shape index (κ3) is 9.79.